The van der Waals surface area contributed by atoms with Crippen molar-refractivity contribution in [1.29, 1.82) is 0 Å². The molecule has 0 amide bonds. The Morgan fingerprint density at radius 3 is 2.53 bits per heavy atom. The molecule has 0 aliphatic heterocycles. The van der Waals surface area contributed by atoms with Crippen molar-refractivity contribution in [3.05, 3.63) is 70.5 Å². The van der Waals surface area contributed by atoms with Crippen molar-refractivity contribution in [1.82, 2.24) is 34.7 Å². The lowest BCUT2D eigenvalue weighted by molar-refractivity contribution is 0.614. The monoisotopic (exact) mass is 431 g/mol. The van der Waals surface area contributed by atoms with Crippen LogP contribution in [0.3, 0.4) is 0 Å². The minimum absolute atomic E-state index is 0.0601. The Bertz CT molecular complexity index is 1190. The van der Waals surface area contributed by atoms with Gasteiger partial charge in [0, 0.05) is 35.8 Å². The van der Waals surface area contributed by atoms with Crippen LogP contribution in [-0.2, 0) is 19.5 Å². The van der Waals surface area contributed by atoms with Gasteiger partial charge < -0.3 is 0 Å². The maximum atomic E-state index is 13.0. The molecular formula is C24H29N7O. The third-order valence-corrected chi connectivity index (χ3v) is 5.58. The quantitative estimate of drug-likeness (QED) is 0.382. The van der Waals surface area contributed by atoms with Gasteiger partial charge in [0.2, 0.25) is 5.82 Å². The average Bonchev–Trinajstić information content (AvgIpc) is 3.45. The van der Waals surface area contributed by atoms with Gasteiger partial charge in [-0.15, -0.1) is 10.2 Å². The minimum Gasteiger partial charge on any atom is -0.299 e. The number of nitrogens with one attached hydrogen (secondary N) is 1. The van der Waals surface area contributed by atoms with Crippen LogP contribution in [0.15, 0.2) is 53.6 Å². The van der Waals surface area contributed by atoms with Gasteiger partial charge in [-0.2, -0.15) is 5.21 Å². The fraction of sp³-hybridized carbons (Fsp3) is 0.375. The van der Waals surface area contributed by atoms with Gasteiger partial charge in [0.15, 0.2) is 0 Å². The summed E-state index contributed by atoms with van der Waals surface area (Å²) in [5.41, 5.74) is 4.79. The molecule has 0 fully saturated rings. The summed E-state index contributed by atoms with van der Waals surface area (Å²) < 4.78 is 3.74. The summed E-state index contributed by atoms with van der Waals surface area (Å²) >= 11 is 0. The molecule has 4 aromatic rings. The van der Waals surface area contributed by atoms with Gasteiger partial charge in [-0.1, -0.05) is 57.0 Å². The van der Waals surface area contributed by atoms with Crippen molar-refractivity contribution in [2.24, 2.45) is 0 Å². The Morgan fingerprint density at radius 1 is 1.00 bits per heavy atom. The third-order valence-electron chi connectivity index (χ3n) is 5.58. The van der Waals surface area contributed by atoms with Gasteiger partial charge in [0.25, 0.3) is 0 Å². The van der Waals surface area contributed by atoms with E-state index in [1.54, 1.807) is 0 Å². The number of pyridine rings is 1. The smallest absolute Gasteiger partial charge is 0.299 e. The van der Waals surface area contributed by atoms with E-state index in [0.717, 1.165) is 60.3 Å². The van der Waals surface area contributed by atoms with E-state index >= 15 is 0 Å². The van der Waals surface area contributed by atoms with Crippen LogP contribution >= 0.6 is 0 Å². The number of aryl methyl sites for hydroxylation is 2. The summed E-state index contributed by atoms with van der Waals surface area (Å²) in [5, 5.41) is 14.4. The fourth-order valence-corrected chi connectivity index (χ4v) is 3.95. The molecule has 1 aromatic carbocycles. The lowest BCUT2D eigenvalue weighted by atomic mass is 10.0. The molecule has 0 spiro atoms. The number of tetrazole rings is 1. The zero-order chi connectivity index (χ0) is 22.3. The van der Waals surface area contributed by atoms with E-state index < -0.39 is 0 Å². The zero-order valence-corrected chi connectivity index (χ0v) is 18.7. The Morgan fingerprint density at radius 2 is 1.84 bits per heavy atom. The summed E-state index contributed by atoms with van der Waals surface area (Å²) in [6, 6.07) is 11.9. The molecule has 0 radical (unpaired) electrons. The van der Waals surface area contributed by atoms with Crippen molar-refractivity contribution in [3.63, 3.8) is 0 Å². The Balaban J connectivity index is 1.59. The van der Waals surface area contributed by atoms with Crippen molar-refractivity contribution in [2.75, 3.05) is 0 Å². The maximum Gasteiger partial charge on any atom is 0.328 e. The van der Waals surface area contributed by atoms with Crippen LogP contribution < -0.4 is 5.69 Å². The standard InChI is InChI=1S/C24H29N7O/c1-3-5-6-9-19-17-30(14-4-2)24(32)31(19)16-18-12-13-22(25-15-18)20-10-7-8-11-21(20)23-26-28-29-27-23/h7-8,10-13,15,17H,3-6,9,14,16H2,1-2H3,(H,26,27,28,29). The fourth-order valence-electron chi connectivity index (χ4n) is 3.95. The molecule has 3 aromatic heterocycles. The third kappa shape index (κ3) is 4.69. The number of unbranched alkanes of at least 4 members (excludes halogenated alkanes) is 2. The molecule has 0 atom stereocenters. The van der Waals surface area contributed by atoms with Gasteiger partial charge in [0.1, 0.15) is 0 Å². The van der Waals surface area contributed by atoms with E-state index in [9.17, 15) is 4.79 Å². The van der Waals surface area contributed by atoms with Crippen LogP contribution in [0, 0.1) is 0 Å². The molecule has 32 heavy (non-hydrogen) atoms. The molecule has 0 aliphatic carbocycles. The van der Waals surface area contributed by atoms with Crippen LogP contribution in [0.25, 0.3) is 22.6 Å². The summed E-state index contributed by atoms with van der Waals surface area (Å²) in [6.45, 7) is 5.56. The molecule has 4 rings (SSSR count). The first-order valence-electron chi connectivity index (χ1n) is 11.3. The van der Waals surface area contributed by atoms with Crippen LogP contribution in [0.2, 0.25) is 0 Å². The highest BCUT2D eigenvalue weighted by Gasteiger charge is 2.14. The molecule has 166 valence electrons. The Kier molecular flexibility index (Phi) is 6.89. The van der Waals surface area contributed by atoms with Gasteiger partial charge in [0.05, 0.1) is 12.2 Å². The maximum absolute atomic E-state index is 13.0. The number of H-pyrrole nitrogens is 1. The second-order valence-corrected chi connectivity index (χ2v) is 7.97. The van der Waals surface area contributed by atoms with Crippen LogP contribution in [0.1, 0.15) is 50.8 Å². The molecule has 0 bridgehead atoms. The molecule has 0 saturated carbocycles. The SMILES string of the molecule is CCCCCc1cn(CCC)c(=O)n1Cc1ccc(-c2ccccc2-c2nn[nH]n2)nc1. The van der Waals surface area contributed by atoms with E-state index in [4.69, 9.17) is 0 Å². The van der Waals surface area contributed by atoms with Gasteiger partial charge >= 0.3 is 5.69 Å². The van der Waals surface area contributed by atoms with Crippen molar-refractivity contribution >= 4 is 0 Å². The molecule has 8 nitrogen and oxygen atoms in total. The molecule has 0 saturated heterocycles. The number of rotatable bonds is 10. The van der Waals surface area contributed by atoms with Crippen LogP contribution in [0.4, 0.5) is 0 Å². The molecule has 8 heteroatoms. The van der Waals surface area contributed by atoms with Crippen molar-refractivity contribution < 1.29 is 0 Å². The minimum atomic E-state index is 0.0601. The van der Waals surface area contributed by atoms with Gasteiger partial charge in [-0.25, -0.2) is 4.79 Å². The first-order valence-corrected chi connectivity index (χ1v) is 11.3. The number of benzene rings is 1. The second-order valence-electron chi connectivity index (χ2n) is 7.97. The van der Waals surface area contributed by atoms with Crippen LogP contribution in [0.5, 0.6) is 0 Å². The van der Waals surface area contributed by atoms with Crippen molar-refractivity contribution in [2.45, 2.75) is 59.0 Å². The zero-order valence-electron chi connectivity index (χ0n) is 18.7. The molecular weight excluding hydrogens is 402 g/mol. The summed E-state index contributed by atoms with van der Waals surface area (Å²) in [6.07, 6.45) is 9.17. The molecule has 1 N–H and O–H groups in total. The highest BCUT2D eigenvalue weighted by atomic mass is 16.1. The Labute approximate surface area is 187 Å². The predicted octanol–water partition coefficient (Wildman–Crippen LogP) is 4.08. The van der Waals surface area contributed by atoms with E-state index in [-0.39, 0.29) is 5.69 Å². The lowest BCUT2D eigenvalue weighted by Crippen LogP contribution is -2.25. The summed E-state index contributed by atoms with van der Waals surface area (Å²) in [4.78, 5) is 17.6. The first-order chi connectivity index (χ1) is 15.7. The number of hydrogen-bond donors (Lipinski definition) is 1. The number of aromatic nitrogens is 7. The summed E-state index contributed by atoms with van der Waals surface area (Å²) in [5.74, 6) is 0.534. The van der Waals surface area contributed by atoms with Crippen LogP contribution in [-0.4, -0.2) is 34.7 Å². The highest BCUT2D eigenvalue weighted by molar-refractivity contribution is 5.78. The number of imidazole rings is 1. The number of aromatic amines is 1. The van der Waals surface area contributed by atoms with Crippen molar-refractivity contribution in [3.8, 4) is 22.6 Å². The van der Waals surface area contributed by atoms with E-state index in [2.05, 4.69) is 39.5 Å². The second kappa shape index (κ2) is 10.2. The van der Waals surface area contributed by atoms with E-state index in [1.807, 2.05) is 57.9 Å². The van der Waals surface area contributed by atoms with Gasteiger partial charge in [-0.05, 0) is 36.1 Å². The van der Waals surface area contributed by atoms with E-state index in [1.165, 1.54) is 6.42 Å². The largest absolute Gasteiger partial charge is 0.328 e. The first kappa shape index (κ1) is 21.7. The predicted molar refractivity (Wildman–Crippen MR) is 124 cm³/mol. The number of hydrogen-bond acceptors (Lipinski definition) is 5. The highest BCUT2D eigenvalue weighted by Crippen LogP contribution is 2.28. The Hall–Kier alpha value is -3.55. The molecule has 0 unspecified atom stereocenters. The normalized spacial score (nSPS) is 11.2. The average molecular weight is 432 g/mol. The van der Waals surface area contributed by atoms with Gasteiger partial charge in [-0.3, -0.25) is 14.1 Å². The molecule has 0 aliphatic rings. The number of nitrogens with zero attached hydrogens (tertiary/aromatic N) is 6. The van der Waals surface area contributed by atoms with E-state index in [0.29, 0.717) is 12.4 Å². The topological polar surface area (TPSA) is 94.3 Å². The lowest BCUT2D eigenvalue weighted by Gasteiger charge is -2.09. The summed E-state index contributed by atoms with van der Waals surface area (Å²) in [7, 11) is 0. The molecule has 3 heterocycles.